The standard InChI is InChI=1S/C9H10BrNO/c10-7-3-1-2-5-6(7)4-8(12)9(5)11/h1-3,8-9,12H,4,11H2/t8-,9+/m1/s1. The first-order valence-corrected chi connectivity index (χ1v) is 4.70. The molecule has 3 heteroatoms. The molecule has 2 atom stereocenters. The molecule has 0 bridgehead atoms. The van der Waals surface area contributed by atoms with Gasteiger partial charge in [0.15, 0.2) is 0 Å². The van der Waals surface area contributed by atoms with Crippen LogP contribution < -0.4 is 5.73 Å². The van der Waals surface area contributed by atoms with E-state index in [1.54, 1.807) is 0 Å². The van der Waals surface area contributed by atoms with Gasteiger partial charge in [-0.2, -0.15) is 0 Å². The highest BCUT2D eigenvalue weighted by atomic mass is 79.9. The van der Waals surface area contributed by atoms with Gasteiger partial charge in [0.25, 0.3) is 0 Å². The topological polar surface area (TPSA) is 46.2 Å². The van der Waals surface area contributed by atoms with Crippen molar-refractivity contribution in [1.82, 2.24) is 0 Å². The summed E-state index contributed by atoms with van der Waals surface area (Å²) in [6.45, 7) is 0. The molecule has 0 aliphatic heterocycles. The number of hydrogen-bond donors (Lipinski definition) is 2. The van der Waals surface area contributed by atoms with Crippen LogP contribution in [0.25, 0.3) is 0 Å². The molecule has 0 saturated carbocycles. The number of benzene rings is 1. The van der Waals surface area contributed by atoms with E-state index in [2.05, 4.69) is 15.9 Å². The lowest BCUT2D eigenvalue weighted by Crippen LogP contribution is -2.21. The van der Waals surface area contributed by atoms with Crippen LogP contribution in [-0.4, -0.2) is 11.2 Å². The minimum Gasteiger partial charge on any atom is -0.391 e. The molecule has 1 aromatic carbocycles. The molecule has 1 aromatic rings. The van der Waals surface area contributed by atoms with Gasteiger partial charge in [0.2, 0.25) is 0 Å². The van der Waals surface area contributed by atoms with Gasteiger partial charge in [-0.1, -0.05) is 28.1 Å². The Kier molecular flexibility index (Phi) is 1.94. The second kappa shape index (κ2) is 2.83. The van der Waals surface area contributed by atoms with Gasteiger partial charge in [0, 0.05) is 10.9 Å². The number of hydrogen-bond acceptors (Lipinski definition) is 2. The zero-order valence-corrected chi connectivity index (χ0v) is 8.08. The molecular weight excluding hydrogens is 218 g/mol. The molecule has 1 aliphatic carbocycles. The number of aliphatic hydroxyl groups excluding tert-OH is 1. The first kappa shape index (κ1) is 8.23. The van der Waals surface area contributed by atoms with Crippen LogP contribution in [0.1, 0.15) is 17.2 Å². The van der Waals surface area contributed by atoms with Crippen LogP contribution >= 0.6 is 15.9 Å². The molecule has 0 heterocycles. The summed E-state index contributed by atoms with van der Waals surface area (Å²) in [6.07, 6.45) is 0.247. The van der Waals surface area contributed by atoms with Crippen molar-refractivity contribution in [2.24, 2.45) is 5.73 Å². The van der Waals surface area contributed by atoms with Gasteiger partial charge in [-0.05, 0) is 17.2 Å². The highest BCUT2D eigenvalue weighted by Crippen LogP contribution is 2.34. The van der Waals surface area contributed by atoms with Gasteiger partial charge in [-0.25, -0.2) is 0 Å². The summed E-state index contributed by atoms with van der Waals surface area (Å²) in [7, 11) is 0. The molecule has 0 spiro atoms. The van der Waals surface area contributed by atoms with Crippen molar-refractivity contribution in [2.45, 2.75) is 18.6 Å². The van der Waals surface area contributed by atoms with E-state index in [1.807, 2.05) is 18.2 Å². The van der Waals surface area contributed by atoms with Crippen LogP contribution in [0.4, 0.5) is 0 Å². The molecule has 0 unspecified atom stereocenters. The van der Waals surface area contributed by atoms with Crippen molar-refractivity contribution in [3.8, 4) is 0 Å². The number of halogens is 1. The van der Waals surface area contributed by atoms with Crippen molar-refractivity contribution in [1.29, 1.82) is 0 Å². The summed E-state index contributed by atoms with van der Waals surface area (Å²) < 4.78 is 1.05. The van der Waals surface area contributed by atoms with E-state index in [0.717, 1.165) is 15.6 Å². The number of aliphatic hydroxyl groups is 1. The normalized spacial score (nSPS) is 27.2. The third-order valence-corrected chi connectivity index (χ3v) is 3.08. The largest absolute Gasteiger partial charge is 0.391 e. The molecule has 1 aliphatic rings. The zero-order valence-electron chi connectivity index (χ0n) is 6.50. The molecule has 0 saturated heterocycles. The molecule has 2 nitrogen and oxygen atoms in total. The van der Waals surface area contributed by atoms with E-state index in [1.165, 1.54) is 0 Å². The predicted octanol–water partition coefficient (Wildman–Crippen LogP) is 1.37. The third kappa shape index (κ3) is 1.09. The first-order valence-electron chi connectivity index (χ1n) is 3.91. The minimum absolute atomic E-state index is 0.211. The van der Waals surface area contributed by atoms with Crippen molar-refractivity contribution >= 4 is 15.9 Å². The summed E-state index contributed by atoms with van der Waals surface area (Å²) in [6, 6.07) is 5.68. The lowest BCUT2D eigenvalue weighted by atomic mass is 10.1. The average Bonchev–Trinajstić information content (AvgIpc) is 2.32. The van der Waals surface area contributed by atoms with Crippen molar-refractivity contribution < 1.29 is 5.11 Å². The molecule has 0 radical (unpaired) electrons. The van der Waals surface area contributed by atoms with Crippen LogP contribution in [0.3, 0.4) is 0 Å². The predicted molar refractivity (Wildman–Crippen MR) is 50.8 cm³/mol. The molecule has 64 valence electrons. The van der Waals surface area contributed by atoms with E-state index in [4.69, 9.17) is 5.73 Å². The summed E-state index contributed by atoms with van der Waals surface area (Å²) in [5.41, 5.74) is 8.00. The fraction of sp³-hybridized carbons (Fsp3) is 0.333. The van der Waals surface area contributed by atoms with Crippen LogP contribution in [0.5, 0.6) is 0 Å². The van der Waals surface area contributed by atoms with Crippen LogP contribution in [0.15, 0.2) is 22.7 Å². The molecule has 3 N–H and O–H groups in total. The van der Waals surface area contributed by atoms with Crippen LogP contribution in [0.2, 0.25) is 0 Å². The Balaban J connectivity index is 2.53. The lowest BCUT2D eigenvalue weighted by molar-refractivity contribution is 0.158. The molecule has 0 aromatic heterocycles. The number of rotatable bonds is 0. The van der Waals surface area contributed by atoms with Gasteiger partial charge in [0.05, 0.1) is 12.1 Å². The highest BCUT2D eigenvalue weighted by molar-refractivity contribution is 9.10. The van der Waals surface area contributed by atoms with E-state index in [0.29, 0.717) is 6.42 Å². The van der Waals surface area contributed by atoms with Crippen molar-refractivity contribution in [3.05, 3.63) is 33.8 Å². The second-order valence-corrected chi connectivity index (χ2v) is 3.96. The van der Waals surface area contributed by atoms with E-state index < -0.39 is 6.10 Å². The second-order valence-electron chi connectivity index (χ2n) is 3.10. The molecular formula is C9H10BrNO. The van der Waals surface area contributed by atoms with Gasteiger partial charge in [-0.15, -0.1) is 0 Å². The Morgan fingerprint density at radius 1 is 1.50 bits per heavy atom. The van der Waals surface area contributed by atoms with Gasteiger partial charge in [0.1, 0.15) is 0 Å². The maximum absolute atomic E-state index is 9.50. The van der Waals surface area contributed by atoms with Gasteiger partial charge in [-0.3, -0.25) is 0 Å². The fourth-order valence-electron chi connectivity index (χ4n) is 1.65. The first-order chi connectivity index (χ1) is 5.70. The summed E-state index contributed by atoms with van der Waals surface area (Å²) in [5, 5.41) is 9.50. The Labute approximate surface area is 79.5 Å². The highest BCUT2D eigenvalue weighted by Gasteiger charge is 2.28. The van der Waals surface area contributed by atoms with E-state index in [-0.39, 0.29) is 6.04 Å². The summed E-state index contributed by atoms with van der Waals surface area (Å²) in [5.74, 6) is 0. The Morgan fingerprint density at radius 3 is 2.92 bits per heavy atom. The quantitative estimate of drug-likeness (QED) is 0.704. The van der Waals surface area contributed by atoms with Crippen LogP contribution in [-0.2, 0) is 6.42 Å². The van der Waals surface area contributed by atoms with Gasteiger partial charge < -0.3 is 10.8 Å². The Bertz CT molecular complexity index is 313. The molecule has 2 rings (SSSR count). The van der Waals surface area contributed by atoms with Crippen molar-refractivity contribution in [3.63, 3.8) is 0 Å². The number of fused-ring (bicyclic) bond motifs is 1. The minimum atomic E-state index is -0.418. The smallest absolute Gasteiger partial charge is 0.0773 e. The summed E-state index contributed by atoms with van der Waals surface area (Å²) >= 11 is 3.44. The van der Waals surface area contributed by atoms with Crippen molar-refractivity contribution in [2.75, 3.05) is 0 Å². The lowest BCUT2D eigenvalue weighted by Gasteiger charge is -2.07. The molecule has 0 fully saturated rings. The van der Waals surface area contributed by atoms with Crippen LogP contribution in [0, 0.1) is 0 Å². The van der Waals surface area contributed by atoms with Gasteiger partial charge >= 0.3 is 0 Å². The molecule has 0 amide bonds. The average molecular weight is 228 g/mol. The fourth-order valence-corrected chi connectivity index (χ4v) is 2.19. The SMILES string of the molecule is N[C@H]1c2cccc(Br)c2C[C@H]1O. The van der Waals surface area contributed by atoms with E-state index >= 15 is 0 Å². The maximum atomic E-state index is 9.50. The zero-order chi connectivity index (χ0) is 8.72. The monoisotopic (exact) mass is 227 g/mol. The Morgan fingerprint density at radius 2 is 2.25 bits per heavy atom. The summed E-state index contributed by atoms with van der Waals surface area (Å²) in [4.78, 5) is 0. The number of nitrogens with two attached hydrogens (primary N) is 1. The third-order valence-electron chi connectivity index (χ3n) is 2.34. The maximum Gasteiger partial charge on any atom is 0.0773 e. The Hall–Kier alpha value is -0.380. The van der Waals surface area contributed by atoms with E-state index in [9.17, 15) is 5.11 Å². The molecule has 12 heavy (non-hydrogen) atoms.